The van der Waals surface area contributed by atoms with Crippen molar-refractivity contribution in [1.82, 2.24) is 9.88 Å². The minimum Gasteiger partial charge on any atom is -0.365 e. The lowest BCUT2D eigenvalue weighted by Gasteiger charge is -2.37. The van der Waals surface area contributed by atoms with Gasteiger partial charge in [-0.25, -0.2) is 4.98 Å². The molecule has 120 valence electrons. The van der Waals surface area contributed by atoms with Gasteiger partial charge in [0, 0.05) is 38.4 Å². The maximum Gasteiger partial charge on any atom is 0.252 e. The van der Waals surface area contributed by atoms with Crippen molar-refractivity contribution in [2.24, 2.45) is 17.4 Å². The van der Waals surface area contributed by atoms with E-state index in [4.69, 9.17) is 11.5 Å². The highest BCUT2D eigenvalue weighted by Gasteiger charge is 2.28. The summed E-state index contributed by atoms with van der Waals surface area (Å²) in [7, 11) is 0. The van der Waals surface area contributed by atoms with E-state index in [0.717, 1.165) is 0 Å². The number of nitrogens with two attached hydrogens (primary N) is 2. The normalized spacial score (nSPS) is 18.0. The molecule has 7 nitrogen and oxygen atoms in total. The van der Waals surface area contributed by atoms with Crippen LogP contribution in [0.1, 0.15) is 24.2 Å². The van der Waals surface area contributed by atoms with Crippen LogP contribution in [0.15, 0.2) is 18.3 Å². The molecule has 0 aromatic carbocycles. The van der Waals surface area contributed by atoms with E-state index in [1.807, 2.05) is 23.6 Å². The molecule has 4 N–H and O–H groups in total. The van der Waals surface area contributed by atoms with E-state index < -0.39 is 5.91 Å². The van der Waals surface area contributed by atoms with Crippen LogP contribution in [0.3, 0.4) is 0 Å². The van der Waals surface area contributed by atoms with Gasteiger partial charge >= 0.3 is 0 Å². The molecule has 7 heteroatoms. The highest BCUT2D eigenvalue weighted by atomic mass is 16.2. The van der Waals surface area contributed by atoms with Gasteiger partial charge in [-0.05, 0) is 19.1 Å². The van der Waals surface area contributed by atoms with E-state index in [1.54, 1.807) is 18.3 Å². The molecule has 2 atom stereocenters. The van der Waals surface area contributed by atoms with Crippen molar-refractivity contribution < 1.29 is 9.59 Å². The summed E-state index contributed by atoms with van der Waals surface area (Å²) in [6.07, 6.45) is 1.64. The third-order valence-electron chi connectivity index (χ3n) is 4.12. The van der Waals surface area contributed by atoms with Crippen LogP contribution in [0.25, 0.3) is 0 Å². The Bertz CT molecular complexity index is 553. The number of pyridine rings is 1. The molecule has 2 amide bonds. The maximum absolute atomic E-state index is 12.3. The molecule has 1 aromatic heterocycles. The fourth-order valence-corrected chi connectivity index (χ4v) is 2.49. The number of amides is 2. The SMILES string of the molecule is CC(N)C(C)C(=O)N1CCN(c2ncccc2C(N)=O)CC1. The van der Waals surface area contributed by atoms with E-state index in [-0.39, 0.29) is 17.9 Å². The summed E-state index contributed by atoms with van der Waals surface area (Å²) in [5.74, 6) is -0.0251. The summed E-state index contributed by atoms with van der Waals surface area (Å²) in [6.45, 7) is 6.11. The Labute approximate surface area is 130 Å². The van der Waals surface area contributed by atoms with Gasteiger partial charge in [-0.15, -0.1) is 0 Å². The predicted molar refractivity (Wildman–Crippen MR) is 84.4 cm³/mol. The van der Waals surface area contributed by atoms with Gasteiger partial charge in [0.1, 0.15) is 5.82 Å². The maximum atomic E-state index is 12.3. The zero-order valence-corrected chi connectivity index (χ0v) is 13.0. The first-order chi connectivity index (χ1) is 10.4. The minimum absolute atomic E-state index is 0.0748. The van der Waals surface area contributed by atoms with Crippen LogP contribution in [0.4, 0.5) is 5.82 Å². The molecule has 1 aromatic rings. The van der Waals surface area contributed by atoms with Crippen molar-refractivity contribution in [1.29, 1.82) is 0 Å². The van der Waals surface area contributed by atoms with Gasteiger partial charge in [0.2, 0.25) is 5.91 Å². The molecule has 0 aliphatic carbocycles. The van der Waals surface area contributed by atoms with Crippen molar-refractivity contribution in [3.63, 3.8) is 0 Å². The molecule has 1 saturated heterocycles. The summed E-state index contributed by atoms with van der Waals surface area (Å²) in [5.41, 5.74) is 11.6. The zero-order chi connectivity index (χ0) is 16.3. The first-order valence-electron chi connectivity index (χ1n) is 7.46. The largest absolute Gasteiger partial charge is 0.365 e. The number of carbonyl (C=O) groups excluding carboxylic acids is 2. The average molecular weight is 305 g/mol. The van der Waals surface area contributed by atoms with Crippen LogP contribution in [-0.2, 0) is 4.79 Å². The molecule has 0 radical (unpaired) electrons. The van der Waals surface area contributed by atoms with Crippen LogP contribution < -0.4 is 16.4 Å². The number of carbonyl (C=O) groups is 2. The van der Waals surface area contributed by atoms with E-state index in [9.17, 15) is 9.59 Å². The van der Waals surface area contributed by atoms with Gasteiger partial charge in [0.25, 0.3) is 5.91 Å². The molecule has 1 aliphatic rings. The number of hydrogen-bond donors (Lipinski definition) is 2. The van der Waals surface area contributed by atoms with Gasteiger partial charge in [-0.3, -0.25) is 9.59 Å². The summed E-state index contributed by atoms with van der Waals surface area (Å²) in [5, 5.41) is 0. The molecule has 0 bridgehead atoms. The van der Waals surface area contributed by atoms with Crippen LogP contribution in [0.2, 0.25) is 0 Å². The first kappa shape index (κ1) is 16.2. The smallest absolute Gasteiger partial charge is 0.252 e. The van der Waals surface area contributed by atoms with Crippen LogP contribution >= 0.6 is 0 Å². The fraction of sp³-hybridized carbons (Fsp3) is 0.533. The van der Waals surface area contributed by atoms with Gasteiger partial charge in [0.05, 0.1) is 11.5 Å². The quantitative estimate of drug-likeness (QED) is 0.802. The van der Waals surface area contributed by atoms with Gasteiger partial charge in [-0.2, -0.15) is 0 Å². The summed E-state index contributed by atoms with van der Waals surface area (Å²) in [4.78, 5) is 31.8. The van der Waals surface area contributed by atoms with Gasteiger partial charge in [0.15, 0.2) is 0 Å². The number of anilines is 1. The Balaban J connectivity index is 2.04. The third-order valence-corrected chi connectivity index (χ3v) is 4.12. The van der Waals surface area contributed by atoms with Crippen molar-refractivity contribution in [2.75, 3.05) is 31.1 Å². The number of nitrogens with zero attached hydrogens (tertiary/aromatic N) is 3. The Morgan fingerprint density at radius 2 is 1.86 bits per heavy atom. The molecule has 2 heterocycles. The molecule has 0 saturated carbocycles. The van der Waals surface area contributed by atoms with E-state index in [0.29, 0.717) is 37.6 Å². The Morgan fingerprint density at radius 1 is 1.23 bits per heavy atom. The van der Waals surface area contributed by atoms with Crippen molar-refractivity contribution >= 4 is 17.6 Å². The second-order valence-corrected chi connectivity index (χ2v) is 5.70. The Hall–Kier alpha value is -2.15. The fourth-order valence-electron chi connectivity index (χ4n) is 2.49. The molecule has 0 spiro atoms. The number of primary amides is 1. The highest BCUT2D eigenvalue weighted by Crippen LogP contribution is 2.19. The topological polar surface area (TPSA) is 106 Å². The highest BCUT2D eigenvalue weighted by molar-refractivity contribution is 5.97. The number of piperazine rings is 1. The third kappa shape index (κ3) is 3.36. The lowest BCUT2D eigenvalue weighted by Crippen LogP contribution is -2.52. The molecule has 2 rings (SSSR count). The second-order valence-electron chi connectivity index (χ2n) is 5.70. The van der Waals surface area contributed by atoms with E-state index in [1.165, 1.54) is 0 Å². The van der Waals surface area contributed by atoms with Crippen LogP contribution in [-0.4, -0.2) is 53.9 Å². The summed E-state index contributed by atoms with van der Waals surface area (Å²) in [6, 6.07) is 3.19. The molecule has 1 fully saturated rings. The molecule has 22 heavy (non-hydrogen) atoms. The zero-order valence-electron chi connectivity index (χ0n) is 13.0. The van der Waals surface area contributed by atoms with Crippen molar-refractivity contribution in [2.45, 2.75) is 19.9 Å². The monoisotopic (exact) mass is 305 g/mol. The van der Waals surface area contributed by atoms with Crippen LogP contribution in [0.5, 0.6) is 0 Å². The Kier molecular flexibility index (Phi) is 4.97. The predicted octanol–water partition coefficient (Wildman–Crippen LogP) is -0.188. The first-order valence-corrected chi connectivity index (χ1v) is 7.46. The standard InChI is InChI=1S/C15H23N5O2/c1-10(11(2)16)15(22)20-8-6-19(7-9-20)14-12(13(17)21)4-3-5-18-14/h3-5,10-11H,6-9,16H2,1-2H3,(H2,17,21). The molecular weight excluding hydrogens is 282 g/mol. The average Bonchev–Trinajstić information content (AvgIpc) is 2.53. The lowest BCUT2D eigenvalue weighted by molar-refractivity contribution is -0.135. The second kappa shape index (κ2) is 6.74. The van der Waals surface area contributed by atoms with Gasteiger partial charge < -0.3 is 21.3 Å². The summed E-state index contributed by atoms with van der Waals surface area (Å²) >= 11 is 0. The summed E-state index contributed by atoms with van der Waals surface area (Å²) < 4.78 is 0. The molecular formula is C15H23N5O2. The lowest BCUT2D eigenvalue weighted by atomic mass is 10.0. The number of rotatable bonds is 4. The molecule has 2 unspecified atom stereocenters. The Morgan fingerprint density at radius 3 is 2.41 bits per heavy atom. The number of hydrogen-bond acceptors (Lipinski definition) is 5. The van der Waals surface area contributed by atoms with Crippen molar-refractivity contribution in [3.8, 4) is 0 Å². The van der Waals surface area contributed by atoms with Crippen molar-refractivity contribution in [3.05, 3.63) is 23.9 Å². The van der Waals surface area contributed by atoms with E-state index >= 15 is 0 Å². The molecule has 1 aliphatic heterocycles. The van der Waals surface area contributed by atoms with E-state index in [2.05, 4.69) is 4.98 Å². The number of aromatic nitrogens is 1. The van der Waals surface area contributed by atoms with Crippen LogP contribution in [0, 0.1) is 5.92 Å². The van der Waals surface area contributed by atoms with Gasteiger partial charge in [-0.1, -0.05) is 6.92 Å². The minimum atomic E-state index is -0.493.